The van der Waals surface area contributed by atoms with Gasteiger partial charge in [-0.1, -0.05) is 6.07 Å². The molecule has 2 aromatic rings. The highest BCUT2D eigenvalue weighted by molar-refractivity contribution is 7.92. The van der Waals surface area contributed by atoms with Gasteiger partial charge in [-0.3, -0.25) is 9.52 Å². The number of sulfonamides is 2. The summed E-state index contributed by atoms with van der Waals surface area (Å²) in [6, 6.07) is 10.4. The lowest BCUT2D eigenvalue weighted by molar-refractivity contribution is -0.128. The molecule has 5 N–H and O–H groups in total. The first-order valence-electron chi connectivity index (χ1n) is 12.8. The Morgan fingerprint density at radius 2 is 1.73 bits per heavy atom. The van der Waals surface area contributed by atoms with Crippen molar-refractivity contribution in [2.75, 3.05) is 42.1 Å². The van der Waals surface area contributed by atoms with Crippen LogP contribution in [0.15, 0.2) is 47.4 Å². The number of rotatable bonds is 11. The molecule has 0 bridgehead atoms. The lowest BCUT2D eigenvalue weighted by atomic mass is 10.0. The van der Waals surface area contributed by atoms with Crippen molar-refractivity contribution >= 4 is 43.4 Å². The average Bonchev–Trinajstić information content (AvgIpc) is 2.91. The summed E-state index contributed by atoms with van der Waals surface area (Å²) in [6.07, 6.45) is 0.408. The third kappa shape index (κ3) is 9.02. The number of carbonyl (C=O) groups excluding carboxylic acids is 2. The van der Waals surface area contributed by atoms with Crippen LogP contribution in [-0.4, -0.2) is 82.6 Å². The van der Waals surface area contributed by atoms with E-state index in [0.717, 1.165) is 31.7 Å². The molecule has 226 valence electrons. The van der Waals surface area contributed by atoms with Crippen molar-refractivity contribution in [2.45, 2.75) is 43.7 Å². The summed E-state index contributed by atoms with van der Waals surface area (Å²) in [5.74, 6) is -1.09. The fourth-order valence-corrected chi connectivity index (χ4v) is 5.81. The van der Waals surface area contributed by atoms with Crippen molar-refractivity contribution in [3.63, 3.8) is 0 Å². The minimum Gasteiger partial charge on any atom is -0.506 e. The molecule has 0 aromatic heterocycles. The number of phenolic OH excluding ortho intramolecular Hbond substituents is 1. The van der Waals surface area contributed by atoms with E-state index in [4.69, 9.17) is 4.74 Å². The molecule has 0 spiro atoms. The number of anilines is 2. The lowest BCUT2D eigenvalue weighted by Crippen LogP contribution is -2.49. The number of piperidine rings is 1. The molecular formula is C25H35N5O9S2. The number of ether oxygens (including phenoxy) is 1. The maximum Gasteiger partial charge on any atom is 0.432 e. The Balaban J connectivity index is 1.54. The van der Waals surface area contributed by atoms with Gasteiger partial charge in [-0.15, -0.1) is 4.83 Å². The van der Waals surface area contributed by atoms with Crippen LogP contribution in [-0.2, 0) is 29.6 Å². The van der Waals surface area contributed by atoms with Crippen molar-refractivity contribution in [1.29, 1.82) is 0 Å². The predicted octanol–water partition coefficient (Wildman–Crippen LogP) is 1.25. The number of hydrazine groups is 1. The van der Waals surface area contributed by atoms with E-state index in [2.05, 4.69) is 14.9 Å². The monoisotopic (exact) mass is 613 g/mol. The largest absolute Gasteiger partial charge is 0.506 e. The molecule has 1 fully saturated rings. The van der Waals surface area contributed by atoms with E-state index >= 15 is 0 Å². The Hall–Kier alpha value is -3.44. The van der Waals surface area contributed by atoms with Gasteiger partial charge in [0, 0.05) is 38.3 Å². The smallest absolute Gasteiger partial charge is 0.432 e. The standard InChI is InChI=1S/C25H35N5O9S2/c1-4-39-25(34)30(17(2)31)28-41(37,38)21-8-6-20(7-9-21)29-13-11-19(12-14-29)26-16-24(33)18-5-10-23(32)22(15-18)27-40(3,35)36/h5-10,15,19,24,26-28,32-33H,4,11-14,16H2,1-3H3/t24-/m0/s1. The highest BCUT2D eigenvalue weighted by Gasteiger charge is 2.27. The summed E-state index contributed by atoms with van der Waals surface area (Å²) in [4.78, 5) is 27.5. The van der Waals surface area contributed by atoms with Gasteiger partial charge in [-0.25, -0.2) is 21.6 Å². The molecular weight excluding hydrogens is 578 g/mol. The number of benzene rings is 2. The van der Waals surface area contributed by atoms with Gasteiger partial charge >= 0.3 is 6.09 Å². The quantitative estimate of drug-likeness (QED) is 0.181. The number of phenols is 1. The number of hydrogen-bond donors (Lipinski definition) is 5. The van der Waals surface area contributed by atoms with Gasteiger partial charge in [0.2, 0.25) is 15.9 Å². The highest BCUT2D eigenvalue weighted by atomic mass is 32.2. The zero-order valence-corrected chi connectivity index (χ0v) is 24.5. The molecule has 3 rings (SSSR count). The molecule has 1 saturated heterocycles. The van der Waals surface area contributed by atoms with Crippen molar-refractivity contribution < 1.29 is 41.4 Å². The van der Waals surface area contributed by atoms with Gasteiger partial charge in [0.15, 0.2) is 0 Å². The summed E-state index contributed by atoms with van der Waals surface area (Å²) in [6.45, 7) is 4.08. The first kappa shape index (κ1) is 32.1. The summed E-state index contributed by atoms with van der Waals surface area (Å²) in [7, 11) is -7.82. The fourth-order valence-electron chi connectivity index (χ4n) is 4.21. The number of hydrogen-bond acceptors (Lipinski definition) is 11. The van der Waals surface area contributed by atoms with Crippen LogP contribution >= 0.6 is 0 Å². The average molecular weight is 614 g/mol. The molecule has 16 heteroatoms. The Morgan fingerprint density at radius 3 is 2.29 bits per heavy atom. The number of aliphatic hydroxyl groups is 1. The molecule has 0 unspecified atom stereocenters. The van der Waals surface area contributed by atoms with Gasteiger partial charge < -0.3 is 25.2 Å². The molecule has 41 heavy (non-hydrogen) atoms. The molecule has 1 heterocycles. The molecule has 1 aliphatic heterocycles. The fraction of sp³-hybridized carbons (Fsp3) is 0.440. The molecule has 2 aromatic carbocycles. The van der Waals surface area contributed by atoms with Gasteiger partial charge in [0.25, 0.3) is 10.0 Å². The van der Waals surface area contributed by atoms with Crippen LogP contribution in [0.2, 0.25) is 0 Å². The van der Waals surface area contributed by atoms with Crippen LogP contribution in [0.4, 0.5) is 16.2 Å². The third-order valence-electron chi connectivity index (χ3n) is 6.28. The maximum atomic E-state index is 12.7. The van der Waals surface area contributed by atoms with Crippen LogP contribution in [0.5, 0.6) is 5.75 Å². The summed E-state index contributed by atoms with van der Waals surface area (Å²) in [5.41, 5.74) is 1.23. The SMILES string of the molecule is CCOC(=O)N(NS(=O)(=O)c1ccc(N2CCC(NC[C@H](O)c3ccc(O)c(NS(C)(=O)=O)c3)CC2)cc1)C(C)=O. The zero-order valence-electron chi connectivity index (χ0n) is 22.9. The molecule has 0 radical (unpaired) electrons. The molecule has 2 amide bonds. The van der Waals surface area contributed by atoms with Crippen LogP contribution in [0.25, 0.3) is 0 Å². The number of nitrogens with zero attached hydrogens (tertiary/aromatic N) is 2. The second kappa shape index (κ2) is 13.5. The molecule has 1 atom stereocenters. The van der Waals surface area contributed by atoms with E-state index in [0.29, 0.717) is 23.7 Å². The first-order valence-corrected chi connectivity index (χ1v) is 16.1. The number of aromatic hydroxyl groups is 1. The molecule has 1 aliphatic rings. The van der Waals surface area contributed by atoms with Crippen molar-refractivity contribution in [1.82, 2.24) is 15.2 Å². The lowest BCUT2D eigenvalue weighted by Gasteiger charge is -2.34. The number of aliphatic hydroxyl groups excluding tert-OH is 1. The molecule has 0 saturated carbocycles. The van der Waals surface area contributed by atoms with E-state index in [-0.39, 0.29) is 35.5 Å². The zero-order chi connectivity index (χ0) is 30.4. The molecule has 14 nitrogen and oxygen atoms in total. The van der Waals surface area contributed by atoms with Crippen LogP contribution in [0.1, 0.15) is 38.4 Å². The van der Waals surface area contributed by atoms with E-state index in [1.807, 2.05) is 4.83 Å². The van der Waals surface area contributed by atoms with Crippen LogP contribution < -0.4 is 19.8 Å². The van der Waals surface area contributed by atoms with Crippen LogP contribution in [0, 0.1) is 0 Å². The second-order valence-electron chi connectivity index (χ2n) is 9.48. The summed E-state index contributed by atoms with van der Waals surface area (Å²) < 4.78 is 55.4. The van der Waals surface area contributed by atoms with E-state index in [1.165, 1.54) is 37.3 Å². The topological polar surface area (TPSA) is 195 Å². The van der Waals surface area contributed by atoms with Gasteiger partial charge in [-0.05, 0) is 61.7 Å². The first-order chi connectivity index (χ1) is 19.2. The molecule has 0 aliphatic carbocycles. The van der Waals surface area contributed by atoms with E-state index in [9.17, 15) is 36.6 Å². The maximum absolute atomic E-state index is 12.7. The predicted molar refractivity (Wildman–Crippen MR) is 151 cm³/mol. The number of amides is 2. The van der Waals surface area contributed by atoms with Gasteiger partial charge in [0.1, 0.15) is 5.75 Å². The summed E-state index contributed by atoms with van der Waals surface area (Å²) >= 11 is 0. The Labute approximate surface area is 239 Å². The minimum atomic E-state index is -4.22. The van der Waals surface area contributed by atoms with Gasteiger partial charge in [0.05, 0.1) is 29.5 Å². The summed E-state index contributed by atoms with van der Waals surface area (Å²) in [5, 5.41) is 24.1. The van der Waals surface area contributed by atoms with E-state index in [1.54, 1.807) is 12.1 Å². The number of imide groups is 1. The minimum absolute atomic E-state index is 0.0119. The third-order valence-corrected chi connectivity index (χ3v) is 8.19. The van der Waals surface area contributed by atoms with Gasteiger partial charge in [-0.2, -0.15) is 5.01 Å². The number of nitrogens with one attached hydrogen (secondary N) is 3. The number of carbonyl (C=O) groups is 2. The van der Waals surface area contributed by atoms with Crippen molar-refractivity contribution in [3.8, 4) is 5.75 Å². The van der Waals surface area contributed by atoms with Crippen molar-refractivity contribution in [3.05, 3.63) is 48.0 Å². The normalized spacial score (nSPS) is 15.3. The Kier molecular flexibility index (Phi) is 10.5. The highest BCUT2D eigenvalue weighted by Crippen LogP contribution is 2.28. The van der Waals surface area contributed by atoms with Crippen molar-refractivity contribution in [2.24, 2.45) is 0 Å². The van der Waals surface area contributed by atoms with E-state index < -0.39 is 38.2 Å². The Bertz CT molecular complexity index is 1440. The Morgan fingerprint density at radius 1 is 1.10 bits per heavy atom. The van der Waals surface area contributed by atoms with Crippen LogP contribution in [0.3, 0.4) is 0 Å². The second-order valence-corrected chi connectivity index (χ2v) is 12.9.